The van der Waals surface area contributed by atoms with Gasteiger partial charge in [-0.15, -0.1) is 0 Å². The summed E-state index contributed by atoms with van der Waals surface area (Å²) in [5, 5.41) is 14.7. The third-order valence-electron chi connectivity index (χ3n) is 5.26. The minimum atomic E-state index is -0.178. The average Bonchev–Trinajstić information content (AvgIpc) is 2.99. The number of aryl methyl sites for hydroxylation is 1. The van der Waals surface area contributed by atoms with E-state index >= 15 is 0 Å². The molecule has 0 saturated carbocycles. The fraction of sp³-hybridized carbons (Fsp3) is 0.364. The fourth-order valence-electron chi connectivity index (χ4n) is 3.71. The van der Waals surface area contributed by atoms with Crippen LogP contribution >= 0.6 is 12.2 Å². The van der Waals surface area contributed by atoms with Crippen LogP contribution < -0.4 is 0 Å². The molecule has 1 N–H and O–H groups in total. The number of hydrogen-bond acceptors (Lipinski definition) is 4. The highest BCUT2D eigenvalue weighted by molar-refractivity contribution is 7.71. The van der Waals surface area contributed by atoms with E-state index in [1.165, 1.54) is 11.1 Å². The molecule has 4 rings (SSSR count). The molecule has 0 radical (unpaired) electrons. The first kappa shape index (κ1) is 19.1. The van der Waals surface area contributed by atoms with Crippen molar-refractivity contribution in [2.75, 3.05) is 13.1 Å². The van der Waals surface area contributed by atoms with Crippen LogP contribution in [0, 0.1) is 11.7 Å². The highest BCUT2D eigenvalue weighted by Crippen LogP contribution is 2.18. The van der Waals surface area contributed by atoms with Crippen LogP contribution in [0.2, 0.25) is 0 Å². The number of aliphatic hydroxyl groups excluding tert-OH is 1. The molecule has 1 aliphatic rings. The molecule has 28 heavy (non-hydrogen) atoms. The van der Waals surface area contributed by atoms with Crippen LogP contribution in [0.5, 0.6) is 0 Å². The molecule has 1 aliphatic heterocycles. The molecule has 0 unspecified atom stereocenters. The van der Waals surface area contributed by atoms with Gasteiger partial charge in [0.25, 0.3) is 0 Å². The number of rotatable bonds is 5. The molecule has 0 atom stereocenters. The van der Waals surface area contributed by atoms with Gasteiger partial charge in [0.15, 0.2) is 0 Å². The molecule has 0 bridgehead atoms. The van der Waals surface area contributed by atoms with E-state index in [-0.39, 0.29) is 6.10 Å². The van der Waals surface area contributed by atoms with Gasteiger partial charge in [0.1, 0.15) is 5.82 Å². The van der Waals surface area contributed by atoms with E-state index in [9.17, 15) is 5.11 Å². The predicted molar refractivity (Wildman–Crippen MR) is 113 cm³/mol. The SMILES string of the molecule is Cc1cccc(-n2c(Cc3ccccc3)nn(CN3CCC(O)CC3)c2=S)c1. The topological polar surface area (TPSA) is 46.2 Å². The Morgan fingerprint density at radius 2 is 1.82 bits per heavy atom. The second-order valence-corrected chi connectivity index (χ2v) is 7.89. The van der Waals surface area contributed by atoms with Crippen LogP contribution in [0.25, 0.3) is 5.69 Å². The fourth-order valence-corrected chi connectivity index (χ4v) is 4.02. The first-order chi connectivity index (χ1) is 13.6. The van der Waals surface area contributed by atoms with Gasteiger partial charge in [-0.05, 0) is 55.2 Å². The molecule has 1 aromatic heterocycles. The Kier molecular flexibility index (Phi) is 5.71. The highest BCUT2D eigenvalue weighted by atomic mass is 32.1. The minimum Gasteiger partial charge on any atom is -0.393 e. The van der Waals surface area contributed by atoms with Crippen LogP contribution in [-0.4, -0.2) is 43.5 Å². The Balaban J connectivity index is 1.70. The van der Waals surface area contributed by atoms with E-state index in [1.807, 2.05) is 10.7 Å². The third-order valence-corrected chi connectivity index (χ3v) is 5.66. The van der Waals surface area contributed by atoms with Crippen molar-refractivity contribution in [2.24, 2.45) is 0 Å². The zero-order valence-electron chi connectivity index (χ0n) is 16.2. The number of hydrogen-bond donors (Lipinski definition) is 1. The predicted octanol–water partition coefficient (Wildman–Crippen LogP) is 3.72. The largest absolute Gasteiger partial charge is 0.393 e. The zero-order valence-corrected chi connectivity index (χ0v) is 17.0. The van der Waals surface area contributed by atoms with Crippen LogP contribution in [0.3, 0.4) is 0 Å². The minimum absolute atomic E-state index is 0.178. The van der Waals surface area contributed by atoms with Crippen LogP contribution in [-0.2, 0) is 13.1 Å². The third kappa shape index (κ3) is 4.24. The van der Waals surface area contributed by atoms with Crippen molar-refractivity contribution in [3.63, 3.8) is 0 Å². The zero-order chi connectivity index (χ0) is 19.5. The summed E-state index contributed by atoms with van der Waals surface area (Å²) in [5.41, 5.74) is 3.46. The number of nitrogens with zero attached hydrogens (tertiary/aromatic N) is 4. The average molecular weight is 395 g/mol. The van der Waals surface area contributed by atoms with Crippen LogP contribution in [0.15, 0.2) is 54.6 Å². The van der Waals surface area contributed by atoms with Crippen molar-refractivity contribution in [1.29, 1.82) is 0 Å². The lowest BCUT2D eigenvalue weighted by Gasteiger charge is -2.28. The van der Waals surface area contributed by atoms with Gasteiger partial charge in [-0.1, -0.05) is 42.5 Å². The lowest BCUT2D eigenvalue weighted by molar-refractivity contribution is 0.0650. The summed E-state index contributed by atoms with van der Waals surface area (Å²) in [6, 6.07) is 18.8. The van der Waals surface area contributed by atoms with Crippen LogP contribution in [0.4, 0.5) is 0 Å². The standard InChI is InChI=1S/C22H26N4OS/c1-17-6-5-9-19(14-17)26-21(15-18-7-3-2-4-8-18)23-25(22(26)28)16-24-12-10-20(27)11-13-24/h2-9,14,20,27H,10-13,15-16H2,1H3. The smallest absolute Gasteiger partial charge is 0.203 e. The molecular formula is C22H26N4OS. The monoisotopic (exact) mass is 394 g/mol. The molecule has 1 fully saturated rings. The van der Waals surface area contributed by atoms with Gasteiger partial charge in [0.2, 0.25) is 4.77 Å². The van der Waals surface area contributed by atoms with Gasteiger partial charge < -0.3 is 5.11 Å². The van der Waals surface area contributed by atoms with Crippen molar-refractivity contribution in [3.8, 4) is 5.69 Å². The molecule has 2 aromatic carbocycles. The highest BCUT2D eigenvalue weighted by Gasteiger charge is 2.19. The lowest BCUT2D eigenvalue weighted by atomic mass is 10.1. The van der Waals surface area contributed by atoms with Crippen molar-refractivity contribution >= 4 is 12.2 Å². The lowest BCUT2D eigenvalue weighted by Crippen LogP contribution is -2.37. The Hall–Kier alpha value is -2.28. The van der Waals surface area contributed by atoms with Gasteiger partial charge >= 0.3 is 0 Å². The summed E-state index contributed by atoms with van der Waals surface area (Å²) < 4.78 is 4.73. The molecule has 3 aromatic rings. The van der Waals surface area contributed by atoms with Crippen molar-refractivity contribution in [2.45, 2.75) is 39.0 Å². The normalized spacial score (nSPS) is 15.8. The summed E-state index contributed by atoms with van der Waals surface area (Å²) in [6.45, 7) is 4.49. The maximum Gasteiger partial charge on any atom is 0.203 e. The van der Waals surface area contributed by atoms with Gasteiger partial charge in [0, 0.05) is 25.2 Å². The van der Waals surface area contributed by atoms with Crippen molar-refractivity contribution in [3.05, 3.63) is 76.3 Å². The molecule has 0 amide bonds. The maximum absolute atomic E-state index is 9.76. The van der Waals surface area contributed by atoms with E-state index in [0.29, 0.717) is 11.4 Å². The van der Waals surface area contributed by atoms with E-state index in [2.05, 4.69) is 64.9 Å². The maximum atomic E-state index is 9.76. The first-order valence-corrected chi connectivity index (χ1v) is 10.2. The van der Waals surface area contributed by atoms with Crippen molar-refractivity contribution in [1.82, 2.24) is 19.2 Å². The van der Waals surface area contributed by atoms with Gasteiger partial charge in [0.05, 0.1) is 12.8 Å². The van der Waals surface area contributed by atoms with E-state index < -0.39 is 0 Å². The van der Waals surface area contributed by atoms with Gasteiger partial charge in [-0.25, -0.2) is 4.68 Å². The summed E-state index contributed by atoms with van der Waals surface area (Å²) in [6.07, 6.45) is 2.16. The van der Waals surface area contributed by atoms with Gasteiger partial charge in [-0.2, -0.15) is 5.10 Å². The van der Waals surface area contributed by atoms with Crippen molar-refractivity contribution < 1.29 is 5.11 Å². The quantitative estimate of drug-likeness (QED) is 0.670. The Bertz CT molecular complexity index is 987. The number of likely N-dealkylation sites (tertiary alicyclic amines) is 1. The molecule has 146 valence electrons. The van der Waals surface area contributed by atoms with Crippen LogP contribution in [0.1, 0.15) is 29.8 Å². The van der Waals surface area contributed by atoms with E-state index in [0.717, 1.165) is 43.9 Å². The number of piperidine rings is 1. The second kappa shape index (κ2) is 8.39. The summed E-state index contributed by atoms with van der Waals surface area (Å²) in [4.78, 5) is 2.31. The molecule has 6 heteroatoms. The molecule has 0 aliphatic carbocycles. The second-order valence-electron chi connectivity index (χ2n) is 7.53. The summed E-state index contributed by atoms with van der Waals surface area (Å²) >= 11 is 5.83. The Morgan fingerprint density at radius 3 is 2.54 bits per heavy atom. The molecular weight excluding hydrogens is 368 g/mol. The Morgan fingerprint density at radius 1 is 1.07 bits per heavy atom. The van der Waals surface area contributed by atoms with E-state index in [1.54, 1.807) is 0 Å². The number of benzene rings is 2. The molecule has 1 saturated heterocycles. The first-order valence-electron chi connectivity index (χ1n) is 9.80. The Labute approximate surface area is 170 Å². The number of aliphatic hydroxyl groups is 1. The van der Waals surface area contributed by atoms with Gasteiger partial charge in [-0.3, -0.25) is 9.47 Å². The summed E-state index contributed by atoms with van der Waals surface area (Å²) in [7, 11) is 0. The molecule has 0 spiro atoms. The molecule has 2 heterocycles. The summed E-state index contributed by atoms with van der Waals surface area (Å²) in [5.74, 6) is 0.943. The van der Waals surface area contributed by atoms with E-state index in [4.69, 9.17) is 17.3 Å². The molecule has 5 nitrogen and oxygen atoms in total. The number of aromatic nitrogens is 3.